The van der Waals surface area contributed by atoms with Gasteiger partial charge in [0.1, 0.15) is 0 Å². The Balaban J connectivity index is 3.77. The fourth-order valence-corrected chi connectivity index (χ4v) is 1.09. The van der Waals surface area contributed by atoms with E-state index in [0.29, 0.717) is 0 Å². The van der Waals surface area contributed by atoms with Crippen molar-refractivity contribution in [3.63, 3.8) is 0 Å². The SMILES string of the molecule is COCC(O)CN(C)CC(=O)NC(N)=O. The van der Waals surface area contributed by atoms with Crippen LogP contribution in [0.4, 0.5) is 4.79 Å². The number of rotatable bonds is 6. The number of carbonyl (C=O) groups excluding carboxylic acids is 2. The normalized spacial score (nSPS) is 12.5. The second kappa shape index (κ2) is 7.16. The molecule has 0 aromatic carbocycles. The van der Waals surface area contributed by atoms with Crippen LogP contribution in [0.1, 0.15) is 0 Å². The number of aliphatic hydroxyl groups excluding tert-OH is 1. The molecule has 0 aliphatic heterocycles. The van der Waals surface area contributed by atoms with Crippen LogP contribution in [0.5, 0.6) is 0 Å². The fraction of sp³-hybridized carbons (Fsp3) is 0.750. The number of likely N-dealkylation sites (N-methyl/N-ethyl adjacent to an activating group) is 1. The molecule has 0 heterocycles. The quantitative estimate of drug-likeness (QED) is 0.485. The van der Waals surface area contributed by atoms with Gasteiger partial charge in [-0.2, -0.15) is 0 Å². The first-order valence-electron chi connectivity index (χ1n) is 4.40. The molecule has 0 aromatic heterocycles. The van der Waals surface area contributed by atoms with E-state index in [1.807, 2.05) is 5.32 Å². The second-order valence-corrected chi connectivity index (χ2v) is 3.22. The smallest absolute Gasteiger partial charge is 0.318 e. The molecular formula is C8H17N3O4. The summed E-state index contributed by atoms with van der Waals surface area (Å²) in [6.45, 7) is 0.464. The predicted molar refractivity (Wildman–Crippen MR) is 53.1 cm³/mol. The van der Waals surface area contributed by atoms with E-state index in [0.717, 1.165) is 0 Å². The zero-order chi connectivity index (χ0) is 11.8. The predicted octanol–water partition coefficient (Wildman–Crippen LogP) is -1.88. The number of hydrogen-bond donors (Lipinski definition) is 3. The third kappa shape index (κ3) is 7.86. The van der Waals surface area contributed by atoms with Crippen molar-refractivity contribution in [2.45, 2.75) is 6.10 Å². The molecule has 0 saturated carbocycles. The van der Waals surface area contributed by atoms with Crippen LogP contribution in [0.15, 0.2) is 0 Å². The summed E-state index contributed by atoms with van der Waals surface area (Å²) in [6.07, 6.45) is -0.665. The van der Waals surface area contributed by atoms with E-state index >= 15 is 0 Å². The minimum atomic E-state index is -0.883. The monoisotopic (exact) mass is 219 g/mol. The van der Waals surface area contributed by atoms with E-state index < -0.39 is 18.0 Å². The Hall–Kier alpha value is -1.18. The lowest BCUT2D eigenvalue weighted by Crippen LogP contribution is -2.43. The average molecular weight is 219 g/mol. The van der Waals surface area contributed by atoms with Crippen molar-refractivity contribution >= 4 is 11.9 Å². The fourth-order valence-electron chi connectivity index (χ4n) is 1.09. The Labute approximate surface area is 88.2 Å². The molecule has 0 aromatic rings. The van der Waals surface area contributed by atoms with Crippen LogP contribution >= 0.6 is 0 Å². The van der Waals surface area contributed by atoms with Crippen LogP contribution in [0.25, 0.3) is 0 Å². The number of ether oxygens (including phenoxy) is 1. The number of nitrogens with two attached hydrogens (primary N) is 1. The molecule has 4 N–H and O–H groups in total. The van der Waals surface area contributed by atoms with Crippen LogP contribution in [0, 0.1) is 0 Å². The molecule has 15 heavy (non-hydrogen) atoms. The van der Waals surface area contributed by atoms with Crippen molar-refractivity contribution < 1.29 is 19.4 Å². The minimum Gasteiger partial charge on any atom is -0.389 e. The third-order valence-corrected chi connectivity index (χ3v) is 1.56. The van der Waals surface area contributed by atoms with Crippen LogP contribution in [0.3, 0.4) is 0 Å². The summed E-state index contributed by atoms with van der Waals surface area (Å²) in [6, 6.07) is -0.883. The number of methoxy groups -OCH3 is 1. The number of nitrogens with zero attached hydrogens (tertiary/aromatic N) is 1. The lowest BCUT2D eigenvalue weighted by Gasteiger charge is -2.18. The highest BCUT2D eigenvalue weighted by atomic mass is 16.5. The second-order valence-electron chi connectivity index (χ2n) is 3.22. The number of carbonyl (C=O) groups is 2. The van der Waals surface area contributed by atoms with Crippen molar-refractivity contribution in [2.75, 3.05) is 33.9 Å². The number of amides is 3. The number of primary amides is 1. The van der Waals surface area contributed by atoms with Crippen LogP contribution in [-0.2, 0) is 9.53 Å². The van der Waals surface area contributed by atoms with Crippen LogP contribution < -0.4 is 11.1 Å². The molecule has 7 nitrogen and oxygen atoms in total. The van der Waals surface area contributed by atoms with Crippen molar-refractivity contribution in [3.05, 3.63) is 0 Å². The molecule has 0 spiro atoms. The van der Waals surface area contributed by atoms with Crippen LogP contribution in [0.2, 0.25) is 0 Å². The molecule has 7 heteroatoms. The molecule has 0 fully saturated rings. The summed E-state index contributed by atoms with van der Waals surface area (Å²) in [5, 5.41) is 11.2. The Kier molecular flexibility index (Phi) is 6.59. The molecule has 0 saturated heterocycles. The molecule has 1 atom stereocenters. The van der Waals surface area contributed by atoms with Crippen molar-refractivity contribution in [1.82, 2.24) is 10.2 Å². The minimum absolute atomic E-state index is 0.0102. The van der Waals surface area contributed by atoms with Gasteiger partial charge in [-0.1, -0.05) is 0 Å². The zero-order valence-corrected chi connectivity index (χ0v) is 8.90. The zero-order valence-electron chi connectivity index (χ0n) is 8.90. The maximum atomic E-state index is 11.0. The largest absolute Gasteiger partial charge is 0.389 e. The molecule has 0 aliphatic rings. The van der Waals surface area contributed by atoms with Gasteiger partial charge in [0.2, 0.25) is 5.91 Å². The number of hydrogen-bond acceptors (Lipinski definition) is 5. The van der Waals surface area contributed by atoms with Gasteiger partial charge in [0, 0.05) is 13.7 Å². The summed E-state index contributed by atoms with van der Waals surface area (Å²) in [7, 11) is 3.11. The highest BCUT2D eigenvalue weighted by molar-refractivity contribution is 5.94. The molecule has 0 radical (unpaired) electrons. The summed E-state index contributed by atoms with van der Waals surface area (Å²) in [4.78, 5) is 22.9. The lowest BCUT2D eigenvalue weighted by molar-refractivity contribution is -0.121. The first-order valence-corrected chi connectivity index (χ1v) is 4.40. The van der Waals surface area contributed by atoms with Gasteiger partial charge in [0.15, 0.2) is 0 Å². The summed E-state index contributed by atoms with van der Waals surface area (Å²) >= 11 is 0. The first kappa shape index (κ1) is 13.8. The number of nitrogens with one attached hydrogen (secondary N) is 1. The van der Waals surface area contributed by atoms with E-state index in [2.05, 4.69) is 0 Å². The van der Waals surface area contributed by atoms with Gasteiger partial charge in [-0.3, -0.25) is 15.0 Å². The Morgan fingerprint density at radius 1 is 1.60 bits per heavy atom. The molecule has 0 bridgehead atoms. The topological polar surface area (TPSA) is 105 Å². The maximum absolute atomic E-state index is 11.0. The first-order chi connectivity index (χ1) is 6.95. The lowest BCUT2D eigenvalue weighted by atomic mass is 10.3. The standard InChI is InChI=1S/C8H17N3O4/c1-11(3-6(12)5-15-2)4-7(13)10-8(9)14/h6,12H,3-5H2,1-2H3,(H3,9,10,13,14). The highest BCUT2D eigenvalue weighted by Gasteiger charge is 2.12. The molecule has 3 amide bonds. The average Bonchev–Trinajstić information content (AvgIpc) is 2.00. The number of aliphatic hydroxyl groups is 1. The van der Waals surface area contributed by atoms with Gasteiger partial charge in [-0.25, -0.2) is 4.79 Å². The Morgan fingerprint density at radius 3 is 2.67 bits per heavy atom. The molecule has 0 aliphatic carbocycles. The number of imide groups is 1. The molecule has 1 unspecified atom stereocenters. The van der Waals surface area contributed by atoms with E-state index in [1.165, 1.54) is 7.11 Å². The van der Waals surface area contributed by atoms with Crippen LogP contribution in [-0.4, -0.2) is 61.9 Å². The summed E-state index contributed by atoms with van der Waals surface area (Å²) in [5.74, 6) is -0.505. The van der Waals surface area contributed by atoms with Gasteiger partial charge in [0.05, 0.1) is 19.3 Å². The van der Waals surface area contributed by atoms with Gasteiger partial charge in [0.25, 0.3) is 0 Å². The van der Waals surface area contributed by atoms with Crippen molar-refractivity contribution in [3.8, 4) is 0 Å². The molecule has 0 rings (SSSR count). The Morgan fingerprint density at radius 2 is 2.20 bits per heavy atom. The summed E-state index contributed by atoms with van der Waals surface area (Å²) < 4.78 is 4.72. The molecule has 88 valence electrons. The van der Waals surface area contributed by atoms with E-state index in [-0.39, 0.29) is 19.7 Å². The number of urea groups is 1. The van der Waals surface area contributed by atoms with Crippen molar-refractivity contribution in [2.24, 2.45) is 5.73 Å². The van der Waals surface area contributed by atoms with Crippen molar-refractivity contribution in [1.29, 1.82) is 0 Å². The van der Waals surface area contributed by atoms with E-state index in [1.54, 1.807) is 11.9 Å². The summed E-state index contributed by atoms with van der Waals surface area (Å²) in [5.41, 5.74) is 4.76. The maximum Gasteiger partial charge on any atom is 0.318 e. The van der Waals surface area contributed by atoms with Gasteiger partial charge in [-0.15, -0.1) is 0 Å². The Bertz CT molecular complexity index is 222. The van der Waals surface area contributed by atoms with Gasteiger partial charge in [-0.05, 0) is 7.05 Å². The van der Waals surface area contributed by atoms with E-state index in [9.17, 15) is 14.7 Å². The third-order valence-electron chi connectivity index (χ3n) is 1.56. The van der Waals surface area contributed by atoms with Gasteiger partial charge >= 0.3 is 6.03 Å². The highest BCUT2D eigenvalue weighted by Crippen LogP contribution is 1.89. The van der Waals surface area contributed by atoms with Gasteiger partial charge < -0.3 is 15.6 Å². The molecular weight excluding hydrogens is 202 g/mol. The van der Waals surface area contributed by atoms with E-state index in [4.69, 9.17) is 10.5 Å².